The van der Waals surface area contributed by atoms with Gasteiger partial charge in [-0.1, -0.05) is 0 Å². The lowest BCUT2D eigenvalue weighted by Crippen LogP contribution is -2.08. The first-order chi connectivity index (χ1) is 2.41. The molecule has 0 bridgehead atoms. The molecule has 0 aromatic carbocycles. The van der Waals surface area contributed by atoms with Crippen molar-refractivity contribution in [3.8, 4) is 6.19 Å². The van der Waals surface area contributed by atoms with Crippen molar-refractivity contribution in [2.24, 2.45) is 0 Å². The first-order valence-corrected chi connectivity index (χ1v) is 2.40. The van der Waals surface area contributed by atoms with Gasteiger partial charge in [-0.05, 0) is 0 Å². The highest BCUT2D eigenvalue weighted by atomic mass is 28.2. The van der Waals surface area contributed by atoms with Gasteiger partial charge in [-0.3, -0.25) is 4.80 Å². The van der Waals surface area contributed by atoms with E-state index in [1.54, 1.807) is 0 Å². The third-order valence-electron chi connectivity index (χ3n) is 0.151. The fourth-order valence-electron chi connectivity index (χ4n) is 0.0323. The Hall–Kier alpha value is -0.533. The molecule has 0 saturated carbocycles. The Bertz CT molecular complexity index is 48.1. The van der Waals surface area contributed by atoms with Crippen molar-refractivity contribution in [1.29, 1.82) is 5.26 Å². The minimum Gasteiger partial charge on any atom is -0.329 e. The highest BCUT2D eigenvalue weighted by Crippen LogP contribution is 1.30. The normalized spacial score (nSPS) is 8.00. The molecular formula is CH3N2OSi. The first kappa shape index (κ1) is 4.47. The van der Waals surface area contributed by atoms with Crippen LogP contribution in [0.2, 0.25) is 0 Å². The van der Waals surface area contributed by atoms with Crippen molar-refractivity contribution in [3.05, 3.63) is 0 Å². The molecule has 4 heteroatoms. The zero-order valence-corrected chi connectivity index (χ0v) is 3.98. The predicted molar refractivity (Wildman–Crippen MR) is 18.0 cm³/mol. The Morgan fingerprint density at radius 2 is 2.60 bits per heavy atom. The van der Waals surface area contributed by atoms with E-state index in [9.17, 15) is 4.80 Å². The van der Waals surface area contributed by atoms with Crippen LogP contribution in [-0.2, 0) is 4.80 Å². The van der Waals surface area contributed by atoms with E-state index in [-0.39, 0.29) is 0 Å². The first-order valence-electron chi connectivity index (χ1n) is 1.12. The van der Waals surface area contributed by atoms with Crippen LogP contribution in [0.4, 0.5) is 0 Å². The third-order valence-corrected chi connectivity index (χ3v) is 0.454. The summed E-state index contributed by atoms with van der Waals surface area (Å²) in [4.78, 5) is 11.3. The van der Waals surface area contributed by atoms with Gasteiger partial charge in [-0.25, -0.2) is 0 Å². The molecule has 0 unspecified atom stereocenters. The molecule has 3 nitrogen and oxygen atoms in total. The molecule has 0 fully saturated rings. The SMILES string of the molecule is N#CN[SiH2][O]. The van der Waals surface area contributed by atoms with E-state index in [1.807, 2.05) is 4.98 Å². The average molecular weight is 87.1 g/mol. The fourth-order valence-corrected chi connectivity index (χ4v) is 0.0968. The molecule has 0 amide bonds. The Kier molecular flexibility index (Phi) is 3.10. The third kappa shape index (κ3) is 3.47. The zero-order chi connectivity index (χ0) is 4.12. The second kappa shape index (κ2) is 3.47. The van der Waals surface area contributed by atoms with E-state index in [4.69, 9.17) is 5.26 Å². The topological polar surface area (TPSA) is 55.7 Å². The van der Waals surface area contributed by atoms with Crippen LogP contribution < -0.4 is 4.98 Å². The van der Waals surface area contributed by atoms with Crippen LogP contribution >= 0.6 is 0 Å². The summed E-state index contributed by atoms with van der Waals surface area (Å²) in [7, 11) is -1.45. The molecule has 0 aliphatic heterocycles. The van der Waals surface area contributed by atoms with E-state index in [1.165, 1.54) is 6.19 Å². The van der Waals surface area contributed by atoms with Gasteiger partial charge >= 0.3 is 9.92 Å². The molecule has 0 aliphatic rings. The lowest BCUT2D eigenvalue weighted by atomic mass is 11.5. The van der Waals surface area contributed by atoms with E-state index < -0.39 is 9.92 Å². The van der Waals surface area contributed by atoms with Crippen LogP contribution in [-0.4, -0.2) is 9.92 Å². The van der Waals surface area contributed by atoms with E-state index in [0.29, 0.717) is 0 Å². The molecule has 0 heterocycles. The molecule has 5 heavy (non-hydrogen) atoms. The van der Waals surface area contributed by atoms with Gasteiger partial charge < -0.3 is 4.98 Å². The molecular weight excluding hydrogens is 84.1 g/mol. The van der Waals surface area contributed by atoms with Crippen LogP contribution in [0.3, 0.4) is 0 Å². The number of hydrogen-bond acceptors (Lipinski definition) is 2. The largest absolute Gasteiger partial charge is 0.329 e. The van der Waals surface area contributed by atoms with Crippen LogP contribution in [0.1, 0.15) is 0 Å². The zero-order valence-electron chi connectivity index (χ0n) is 2.56. The van der Waals surface area contributed by atoms with Gasteiger partial charge in [-0.15, -0.1) is 0 Å². The van der Waals surface area contributed by atoms with Gasteiger partial charge in [0.25, 0.3) is 0 Å². The monoisotopic (exact) mass is 87.0 g/mol. The highest BCUT2D eigenvalue weighted by Gasteiger charge is 1.66. The van der Waals surface area contributed by atoms with Gasteiger partial charge in [0, 0.05) is 0 Å². The van der Waals surface area contributed by atoms with Crippen LogP contribution in [0, 0.1) is 11.5 Å². The minimum atomic E-state index is -1.45. The van der Waals surface area contributed by atoms with Crippen molar-refractivity contribution >= 4 is 9.92 Å². The molecule has 0 rings (SSSR count). The number of nitriles is 1. The summed E-state index contributed by atoms with van der Waals surface area (Å²) in [6.07, 6.45) is 1.52. The molecule has 0 aliphatic carbocycles. The maximum Gasteiger partial charge on any atom is 0.314 e. The maximum absolute atomic E-state index is 9.34. The van der Waals surface area contributed by atoms with Gasteiger partial charge in [0.2, 0.25) is 0 Å². The molecule has 0 aromatic heterocycles. The van der Waals surface area contributed by atoms with Crippen LogP contribution in [0.25, 0.3) is 0 Å². The Morgan fingerprint density at radius 1 is 2.00 bits per heavy atom. The number of hydrogen-bond donors (Lipinski definition) is 1. The van der Waals surface area contributed by atoms with Gasteiger partial charge in [0.1, 0.15) is 0 Å². The number of rotatable bonds is 1. The Morgan fingerprint density at radius 3 is 2.60 bits per heavy atom. The molecule has 1 radical (unpaired) electrons. The summed E-state index contributed by atoms with van der Waals surface area (Å²) < 4.78 is 0. The molecule has 0 spiro atoms. The molecule has 0 atom stereocenters. The predicted octanol–water partition coefficient (Wildman–Crippen LogP) is -1.51. The quantitative estimate of drug-likeness (QED) is 0.240. The smallest absolute Gasteiger partial charge is 0.314 e. The number of nitrogens with zero attached hydrogens (tertiary/aromatic N) is 1. The summed E-state index contributed by atoms with van der Waals surface area (Å²) in [5.74, 6) is 0. The Labute approximate surface area is 32.3 Å². The minimum absolute atomic E-state index is 1.45. The highest BCUT2D eigenvalue weighted by molar-refractivity contribution is 6.21. The fraction of sp³-hybridized carbons (Fsp3) is 0. The van der Waals surface area contributed by atoms with Gasteiger partial charge in [0.15, 0.2) is 6.19 Å². The van der Waals surface area contributed by atoms with Crippen LogP contribution in [0.5, 0.6) is 0 Å². The van der Waals surface area contributed by atoms with Crippen molar-refractivity contribution in [1.82, 2.24) is 4.98 Å². The van der Waals surface area contributed by atoms with Crippen LogP contribution in [0.15, 0.2) is 0 Å². The second-order valence-corrected chi connectivity index (χ2v) is 1.08. The van der Waals surface area contributed by atoms with Crippen molar-refractivity contribution in [2.45, 2.75) is 0 Å². The van der Waals surface area contributed by atoms with E-state index >= 15 is 0 Å². The molecule has 0 aromatic rings. The Balaban J connectivity index is 2.48. The summed E-state index contributed by atoms with van der Waals surface area (Å²) in [5, 5.41) is 7.54. The van der Waals surface area contributed by atoms with E-state index in [0.717, 1.165) is 0 Å². The summed E-state index contributed by atoms with van der Waals surface area (Å²) in [6, 6.07) is 0. The maximum atomic E-state index is 9.34. The molecule has 27 valence electrons. The van der Waals surface area contributed by atoms with Gasteiger partial charge in [0.05, 0.1) is 0 Å². The lowest BCUT2D eigenvalue weighted by molar-refractivity contribution is 0.468. The number of nitrogens with one attached hydrogen (secondary N) is 1. The molecule has 0 saturated heterocycles. The van der Waals surface area contributed by atoms with E-state index in [2.05, 4.69) is 0 Å². The van der Waals surface area contributed by atoms with Gasteiger partial charge in [-0.2, -0.15) is 5.26 Å². The standard InChI is InChI=1S/CH3N2OSi/c2-1-3-5-4/h3H,5H2. The van der Waals surface area contributed by atoms with Crippen molar-refractivity contribution < 1.29 is 4.80 Å². The van der Waals surface area contributed by atoms with Crippen molar-refractivity contribution in [3.63, 3.8) is 0 Å². The average Bonchev–Trinajstić information content (AvgIpc) is 1.41. The summed E-state index contributed by atoms with van der Waals surface area (Å²) >= 11 is 0. The lowest BCUT2D eigenvalue weighted by Gasteiger charge is -1.70. The molecule has 1 N–H and O–H groups in total. The van der Waals surface area contributed by atoms with Crippen molar-refractivity contribution in [2.75, 3.05) is 0 Å². The summed E-state index contributed by atoms with van der Waals surface area (Å²) in [5.41, 5.74) is 0. The summed E-state index contributed by atoms with van der Waals surface area (Å²) in [6.45, 7) is 0. The second-order valence-electron chi connectivity index (χ2n) is 0.433.